The van der Waals surface area contributed by atoms with Gasteiger partial charge in [0.15, 0.2) is 5.76 Å². The third-order valence-electron chi connectivity index (χ3n) is 2.95. The number of ketones is 1. The molecule has 0 aliphatic heterocycles. The van der Waals surface area contributed by atoms with Gasteiger partial charge in [0, 0.05) is 11.6 Å². The summed E-state index contributed by atoms with van der Waals surface area (Å²) < 4.78 is 5.55. The predicted octanol–water partition coefficient (Wildman–Crippen LogP) is 2.95. The van der Waals surface area contributed by atoms with Crippen LogP contribution in [0, 0.1) is 6.92 Å². The van der Waals surface area contributed by atoms with Gasteiger partial charge in [0.2, 0.25) is 5.78 Å². The molecule has 0 unspecified atom stereocenters. The van der Waals surface area contributed by atoms with Gasteiger partial charge in [0.1, 0.15) is 11.3 Å². The van der Waals surface area contributed by atoms with E-state index in [0.29, 0.717) is 11.3 Å². The Labute approximate surface area is 109 Å². The molecule has 2 heterocycles. The number of nitrogen functional groups attached to an aromatic ring is 1. The summed E-state index contributed by atoms with van der Waals surface area (Å²) in [6.45, 7) is 1.99. The first-order valence-corrected chi connectivity index (χ1v) is 5.90. The number of fused-ring (bicyclic) bond motifs is 1. The smallest absolute Gasteiger partial charge is 0.248 e. The zero-order chi connectivity index (χ0) is 13.4. The molecule has 3 rings (SSSR count). The summed E-state index contributed by atoms with van der Waals surface area (Å²) in [7, 11) is 0. The minimum Gasteiger partial charge on any atom is -0.453 e. The van der Waals surface area contributed by atoms with Gasteiger partial charge in [-0.1, -0.05) is 11.6 Å². The van der Waals surface area contributed by atoms with Crippen LogP contribution >= 0.6 is 0 Å². The summed E-state index contributed by atoms with van der Waals surface area (Å²) in [4.78, 5) is 16.3. The molecule has 0 amide bonds. The minimum absolute atomic E-state index is 0.221. The molecule has 0 saturated heterocycles. The number of nitrogens with zero attached hydrogens (tertiary/aromatic N) is 1. The summed E-state index contributed by atoms with van der Waals surface area (Å²) in [5.74, 6) is -0.0436. The molecule has 94 valence electrons. The van der Waals surface area contributed by atoms with Crippen molar-refractivity contribution in [2.24, 2.45) is 0 Å². The molecule has 0 bridgehead atoms. The normalized spacial score (nSPS) is 10.8. The maximum Gasteiger partial charge on any atom is 0.248 e. The number of rotatable bonds is 2. The molecular weight excluding hydrogens is 240 g/mol. The number of aryl methyl sites for hydroxylation is 1. The summed E-state index contributed by atoms with van der Waals surface area (Å²) in [6, 6.07) is 10.8. The van der Waals surface area contributed by atoms with E-state index in [0.717, 1.165) is 10.9 Å². The molecule has 2 aromatic heterocycles. The highest BCUT2D eigenvalue weighted by Gasteiger charge is 2.18. The van der Waals surface area contributed by atoms with Crippen molar-refractivity contribution in [2.75, 3.05) is 5.73 Å². The van der Waals surface area contributed by atoms with E-state index in [-0.39, 0.29) is 17.2 Å². The number of hydrogen-bond donors (Lipinski definition) is 1. The van der Waals surface area contributed by atoms with Gasteiger partial charge in [0.25, 0.3) is 0 Å². The third-order valence-corrected chi connectivity index (χ3v) is 2.95. The van der Waals surface area contributed by atoms with Crippen molar-refractivity contribution in [3.8, 4) is 0 Å². The Balaban J connectivity index is 2.09. The zero-order valence-electron chi connectivity index (χ0n) is 10.4. The lowest BCUT2D eigenvalue weighted by molar-refractivity contribution is 0.101. The van der Waals surface area contributed by atoms with Crippen LogP contribution in [0.15, 0.2) is 47.0 Å². The van der Waals surface area contributed by atoms with Crippen molar-refractivity contribution in [1.82, 2.24) is 4.98 Å². The van der Waals surface area contributed by atoms with Crippen molar-refractivity contribution >= 4 is 22.4 Å². The molecule has 0 saturated carbocycles. The maximum atomic E-state index is 12.3. The van der Waals surface area contributed by atoms with Crippen LogP contribution in [0.5, 0.6) is 0 Å². The summed E-state index contributed by atoms with van der Waals surface area (Å²) in [6.07, 6.45) is 1.54. The standard InChI is InChI=1S/C15H12N2O2/c1-9-4-5-12-10(7-9)8-13(19-12)15(18)14-11(16)3-2-6-17-14/h2-8H,16H2,1H3. The predicted molar refractivity (Wildman–Crippen MR) is 73.0 cm³/mol. The first-order valence-electron chi connectivity index (χ1n) is 5.90. The number of nitrogens with two attached hydrogens (primary N) is 1. The molecule has 1 aromatic carbocycles. The first kappa shape index (κ1) is 11.5. The zero-order valence-corrected chi connectivity index (χ0v) is 10.4. The van der Waals surface area contributed by atoms with Gasteiger partial charge in [-0.05, 0) is 37.3 Å². The van der Waals surface area contributed by atoms with E-state index in [4.69, 9.17) is 10.2 Å². The summed E-state index contributed by atoms with van der Waals surface area (Å²) in [5, 5.41) is 0.901. The minimum atomic E-state index is -0.299. The Morgan fingerprint density at radius 1 is 1.26 bits per heavy atom. The lowest BCUT2D eigenvalue weighted by Crippen LogP contribution is -2.06. The van der Waals surface area contributed by atoms with E-state index in [1.165, 1.54) is 6.20 Å². The number of benzene rings is 1. The molecule has 4 nitrogen and oxygen atoms in total. The van der Waals surface area contributed by atoms with Crippen molar-refractivity contribution in [3.05, 3.63) is 59.6 Å². The van der Waals surface area contributed by atoms with Crippen LogP contribution in [0.3, 0.4) is 0 Å². The fourth-order valence-electron chi connectivity index (χ4n) is 2.00. The molecule has 4 heteroatoms. The second-order valence-corrected chi connectivity index (χ2v) is 4.42. The van der Waals surface area contributed by atoms with E-state index in [9.17, 15) is 4.79 Å². The summed E-state index contributed by atoms with van der Waals surface area (Å²) >= 11 is 0. The SMILES string of the molecule is Cc1ccc2oc(C(=O)c3ncccc3N)cc2c1. The van der Waals surface area contributed by atoms with E-state index in [1.54, 1.807) is 18.2 Å². The van der Waals surface area contributed by atoms with Crippen LogP contribution in [0.25, 0.3) is 11.0 Å². The largest absolute Gasteiger partial charge is 0.453 e. The fourth-order valence-corrected chi connectivity index (χ4v) is 2.00. The van der Waals surface area contributed by atoms with Crippen molar-refractivity contribution in [2.45, 2.75) is 6.92 Å². The Morgan fingerprint density at radius 3 is 2.89 bits per heavy atom. The highest BCUT2D eigenvalue weighted by molar-refractivity contribution is 6.10. The molecule has 0 radical (unpaired) electrons. The lowest BCUT2D eigenvalue weighted by atomic mass is 10.1. The van der Waals surface area contributed by atoms with Crippen LogP contribution in [0.4, 0.5) is 5.69 Å². The molecule has 3 aromatic rings. The van der Waals surface area contributed by atoms with Gasteiger partial charge in [-0.25, -0.2) is 0 Å². The number of anilines is 1. The van der Waals surface area contributed by atoms with E-state index >= 15 is 0 Å². The van der Waals surface area contributed by atoms with E-state index in [1.807, 2.05) is 25.1 Å². The Morgan fingerprint density at radius 2 is 2.11 bits per heavy atom. The van der Waals surface area contributed by atoms with Gasteiger partial charge in [-0.15, -0.1) is 0 Å². The molecule has 0 aliphatic rings. The second-order valence-electron chi connectivity index (χ2n) is 4.42. The quantitative estimate of drug-likeness (QED) is 0.712. The van der Waals surface area contributed by atoms with E-state index in [2.05, 4.69) is 4.98 Å². The van der Waals surface area contributed by atoms with Crippen LogP contribution < -0.4 is 5.73 Å². The number of furan rings is 1. The summed E-state index contributed by atoms with van der Waals surface area (Å²) in [5.41, 5.74) is 8.12. The Kier molecular flexibility index (Phi) is 2.56. The van der Waals surface area contributed by atoms with Crippen molar-refractivity contribution < 1.29 is 9.21 Å². The monoisotopic (exact) mass is 252 g/mol. The highest BCUT2D eigenvalue weighted by Crippen LogP contribution is 2.23. The molecular formula is C15H12N2O2. The second kappa shape index (κ2) is 4.24. The molecule has 0 aliphatic carbocycles. The average Bonchev–Trinajstić information content (AvgIpc) is 2.81. The van der Waals surface area contributed by atoms with Gasteiger partial charge in [-0.2, -0.15) is 0 Å². The topological polar surface area (TPSA) is 69.1 Å². The molecule has 2 N–H and O–H groups in total. The average molecular weight is 252 g/mol. The Bertz CT molecular complexity index is 775. The number of pyridine rings is 1. The third kappa shape index (κ3) is 1.97. The lowest BCUT2D eigenvalue weighted by Gasteiger charge is -1.99. The van der Waals surface area contributed by atoms with Crippen molar-refractivity contribution in [3.63, 3.8) is 0 Å². The number of hydrogen-bond acceptors (Lipinski definition) is 4. The van der Waals surface area contributed by atoms with E-state index < -0.39 is 0 Å². The maximum absolute atomic E-state index is 12.3. The van der Waals surface area contributed by atoms with Crippen LogP contribution in [0.1, 0.15) is 21.8 Å². The molecule has 0 atom stereocenters. The molecule has 0 fully saturated rings. The molecule has 19 heavy (non-hydrogen) atoms. The van der Waals surface area contributed by atoms with Crippen LogP contribution in [-0.4, -0.2) is 10.8 Å². The van der Waals surface area contributed by atoms with Gasteiger partial charge >= 0.3 is 0 Å². The highest BCUT2D eigenvalue weighted by atomic mass is 16.3. The van der Waals surface area contributed by atoms with Gasteiger partial charge < -0.3 is 10.2 Å². The number of carbonyl (C=O) groups is 1. The van der Waals surface area contributed by atoms with Gasteiger partial charge in [-0.3, -0.25) is 9.78 Å². The first-order chi connectivity index (χ1) is 9.15. The Hall–Kier alpha value is -2.62. The fraction of sp³-hybridized carbons (Fsp3) is 0.0667. The number of carbonyl (C=O) groups excluding carboxylic acids is 1. The van der Waals surface area contributed by atoms with Gasteiger partial charge in [0.05, 0.1) is 5.69 Å². The number of aromatic nitrogens is 1. The van der Waals surface area contributed by atoms with Crippen LogP contribution in [0.2, 0.25) is 0 Å². The van der Waals surface area contributed by atoms with Crippen LogP contribution in [-0.2, 0) is 0 Å². The molecule has 0 spiro atoms. The van der Waals surface area contributed by atoms with Crippen molar-refractivity contribution in [1.29, 1.82) is 0 Å².